The highest BCUT2D eigenvalue weighted by Gasteiger charge is 2.43. The molecule has 26 heavy (non-hydrogen) atoms. The molecule has 4 nitrogen and oxygen atoms in total. The summed E-state index contributed by atoms with van der Waals surface area (Å²) in [6.07, 6.45) is 0.699. The Balaban J connectivity index is 2.01. The number of amides is 1. The van der Waals surface area contributed by atoms with Gasteiger partial charge in [0.1, 0.15) is 18.5 Å². The topological polar surface area (TPSA) is 52.3 Å². The number of morpholine rings is 1. The van der Waals surface area contributed by atoms with Crippen LogP contribution in [0.1, 0.15) is 24.5 Å². The van der Waals surface area contributed by atoms with Gasteiger partial charge in [-0.3, -0.25) is 4.79 Å². The minimum Gasteiger partial charge on any atom is -0.370 e. The van der Waals surface area contributed by atoms with E-state index in [0.717, 1.165) is 55.0 Å². The first kappa shape index (κ1) is 18.6. The van der Waals surface area contributed by atoms with Crippen LogP contribution in [-0.2, 0) is 14.9 Å². The van der Waals surface area contributed by atoms with Crippen molar-refractivity contribution in [2.75, 3.05) is 39.4 Å². The van der Waals surface area contributed by atoms with Crippen LogP contribution in [0.15, 0.2) is 60.7 Å². The molecule has 2 aromatic rings. The maximum Gasteiger partial charge on any atom is 0.232 e. The lowest BCUT2D eigenvalue weighted by atomic mass is 9.71. The predicted molar refractivity (Wildman–Crippen MR) is 104 cm³/mol. The van der Waals surface area contributed by atoms with Gasteiger partial charge in [0.05, 0.1) is 26.3 Å². The minimum absolute atomic E-state index is 0.280. The van der Waals surface area contributed by atoms with E-state index in [4.69, 9.17) is 10.5 Å². The zero-order valence-electron chi connectivity index (χ0n) is 15.6. The highest BCUT2D eigenvalue weighted by molar-refractivity contribution is 5.90. The van der Waals surface area contributed by atoms with Gasteiger partial charge in [0.15, 0.2) is 0 Å². The van der Waals surface area contributed by atoms with E-state index in [1.165, 1.54) is 0 Å². The molecular formula is C22H29N2O2+. The van der Waals surface area contributed by atoms with Crippen molar-refractivity contribution in [2.24, 2.45) is 5.73 Å². The molecule has 0 spiro atoms. The molecule has 1 fully saturated rings. The molecule has 2 aromatic carbocycles. The van der Waals surface area contributed by atoms with E-state index in [0.29, 0.717) is 6.42 Å². The number of likely N-dealkylation sites (N-methyl/N-ethyl adjacent to an activating group) is 1. The third-order valence-corrected chi connectivity index (χ3v) is 6.01. The van der Waals surface area contributed by atoms with Gasteiger partial charge in [-0.15, -0.1) is 0 Å². The Hall–Kier alpha value is -2.17. The average molecular weight is 353 g/mol. The lowest BCUT2D eigenvalue weighted by Crippen LogP contribution is -2.57. The van der Waals surface area contributed by atoms with Gasteiger partial charge in [-0.05, 0) is 18.1 Å². The first-order chi connectivity index (χ1) is 12.6. The quantitative estimate of drug-likeness (QED) is 0.778. The number of hydrogen-bond acceptors (Lipinski definition) is 2. The normalized spacial score (nSPS) is 17.0. The molecule has 0 radical (unpaired) electrons. The maximum absolute atomic E-state index is 12.9. The molecule has 0 aromatic heterocycles. The highest BCUT2D eigenvalue weighted by Crippen LogP contribution is 2.36. The van der Waals surface area contributed by atoms with Crippen LogP contribution in [0, 0.1) is 0 Å². The Kier molecular flexibility index (Phi) is 5.74. The lowest BCUT2D eigenvalue weighted by Gasteiger charge is -2.43. The largest absolute Gasteiger partial charge is 0.370 e. The first-order valence-corrected chi connectivity index (χ1v) is 9.47. The van der Waals surface area contributed by atoms with Crippen LogP contribution < -0.4 is 5.73 Å². The third-order valence-electron chi connectivity index (χ3n) is 6.01. The van der Waals surface area contributed by atoms with Crippen molar-refractivity contribution >= 4 is 5.91 Å². The molecule has 1 aliphatic heterocycles. The van der Waals surface area contributed by atoms with Gasteiger partial charge >= 0.3 is 0 Å². The molecule has 138 valence electrons. The fourth-order valence-electron chi connectivity index (χ4n) is 4.14. The van der Waals surface area contributed by atoms with Crippen LogP contribution in [0.25, 0.3) is 0 Å². The van der Waals surface area contributed by atoms with Crippen LogP contribution in [-0.4, -0.2) is 49.8 Å². The van der Waals surface area contributed by atoms with E-state index >= 15 is 0 Å². The first-order valence-electron chi connectivity index (χ1n) is 9.47. The summed E-state index contributed by atoms with van der Waals surface area (Å²) in [5.41, 5.74) is 7.21. The second-order valence-electron chi connectivity index (χ2n) is 7.19. The predicted octanol–water partition coefficient (Wildman–Crippen LogP) is 2.72. The smallest absolute Gasteiger partial charge is 0.232 e. The van der Waals surface area contributed by atoms with Gasteiger partial charge < -0.3 is 15.0 Å². The van der Waals surface area contributed by atoms with Crippen molar-refractivity contribution in [1.29, 1.82) is 0 Å². The number of hydrogen-bond donors (Lipinski definition) is 1. The molecule has 0 unspecified atom stereocenters. The molecule has 0 saturated carbocycles. The monoisotopic (exact) mass is 353 g/mol. The van der Waals surface area contributed by atoms with Crippen LogP contribution in [0.5, 0.6) is 0 Å². The van der Waals surface area contributed by atoms with Gasteiger partial charge in [0, 0.05) is 6.42 Å². The molecule has 1 heterocycles. The van der Waals surface area contributed by atoms with Gasteiger partial charge in [0.25, 0.3) is 0 Å². The molecule has 0 atom stereocenters. The van der Waals surface area contributed by atoms with E-state index in [1.54, 1.807) is 0 Å². The van der Waals surface area contributed by atoms with E-state index in [2.05, 4.69) is 6.92 Å². The van der Waals surface area contributed by atoms with Crippen LogP contribution in [0.4, 0.5) is 0 Å². The number of primary amides is 1. The SMILES string of the molecule is CC[N+]1(CCC(C(N)=O)(c2ccccc2)c2ccccc2)CCOCC1. The van der Waals surface area contributed by atoms with E-state index < -0.39 is 5.41 Å². The summed E-state index contributed by atoms with van der Waals surface area (Å²) in [5.74, 6) is -0.280. The van der Waals surface area contributed by atoms with Crippen molar-refractivity contribution in [3.05, 3.63) is 71.8 Å². The molecule has 1 amide bonds. The fourth-order valence-corrected chi connectivity index (χ4v) is 4.14. The number of carbonyl (C=O) groups excluding carboxylic acids is 1. The number of rotatable bonds is 7. The molecule has 1 saturated heterocycles. The number of benzene rings is 2. The zero-order valence-corrected chi connectivity index (χ0v) is 15.6. The van der Waals surface area contributed by atoms with E-state index in [9.17, 15) is 4.79 Å². The van der Waals surface area contributed by atoms with Gasteiger partial charge in [0.2, 0.25) is 5.91 Å². The molecule has 1 aliphatic rings. The summed E-state index contributed by atoms with van der Waals surface area (Å²) in [7, 11) is 0. The molecule has 4 heteroatoms. The van der Waals surface area contributed by atoms with Crippen molar-refractivity contribution in [2.45, 2.75) is 18.8 Å². The number of nitrogens with zero attached hydrogens (tertiary/aromatic N) is 1. The maximum atomic E-state index is 12.9. The van der Waals surface area contributed by atoms with Gasteiger partial charge in [-0.1, -0.05) is 60.7 Å². The third kappa shape index (κ3) is 3.53. The molecule has 0 aliphatic carbocycles. The number of nitrogens with two attached hydrogens (primary N) is 1. The number of carbonyl (C=O) groups is 1. The summed E-state index contributed by atoms with van der Waals surface area (Å²) in [5, 5.41) is 0. The second kappa shape index (κ2) is 8.02. The minimum atomic E-state index is -0.804. The lowest BCUT2D eigenvalue weighted by molar-refractivity contribution is -0.933. The van der Waals surface area contributed by atoms with Gasteiger partial charge in [-0.25, -0.2) is 0 Å². The number of ether oxygens (including phenoxy) is 1. The second-order valence-corrected chi connectivity index (χ2v) is 7.19. The highest BCUT2D eigenvalue weighted by atomic mass is 16.5. The summed E-state index contributed by atoms with van der Waals surface area (Å²) < 4.78 is 6.55. The summed E-state index contributed by atoms with van der Waals surface area (Å²) >= 11 is 0. The Labute approximate surface area is 156 Å². The van der Waals surface area contributed by atoms with Crippen molar-refractivity contribution in [1.82, 2.24) is 0 Å². The summed E-state index contributed by atoms with van der Waals surface area (Å²) in [4.78, 5) is 12.9. The summed E-state index contributed by atoms with van der Waals surface area (Å²) in [6, 6.07) is 20.0. The Morgan fingerprint density at radius 1 is 1.00 bits per heavy atom. The molecule has 2 N–H and O–H groups in total. The zero-order chi connectivity index (χ0) is 18.5. The molecule has 0 bridgehead atoms. The van der Waals surface area contributed by atoms with Crippen LogP contribution in [0.2, 0.25) is 0 Å². The van der Waals surface area contributed by atoms with E-state index in [-0.39, 0.29) is 5.91 Å². The fraction of sp³-hybridized carbons (Fsp3) is 0.409. The molecular weight excluding hydrogens is 324 g/mol. The average Bonchev–Trinajstić information content (AvgIpc) is 2.70. The Morgan fingerprint density at radius 3 is 1.92 bits per heavy atom. The standard InChI is InChI=1S/C22H28N2O2/c1-2-24(15-17-26-18-16-24)14-13-22(21(23)25,19-9-5-3-6-10-19)20-11-7-4-8-12-20/h3-12H,2,13-18H2,1H3,(H-,23,25)/p+1. The Morgan fingerprint density at radius 2 is 1.50 bits per heavy atom. The van der Waals surface area contributed by atoms with Crippen molar-refractivity contribution in [3.63, 3.8) is 0 Å². The van der Waals surface area contributed by atoms with Crippen molar-refractivity contribution in [3.8, 4) is 0 Å². The number of quaternary nitrogens is 1. The molecule has 3 rings (SSSR count). The summed E-state index contributed by atoms with van der Waals surface area (Å²) in [6.45, 7) is 7.74. The van der Waals surface area contributed by atoms with Crippen molar-refractivity contribution < 1.29 is 14.0 Å². The van der Waals surface area contributed by atoms with Crippen LogP contribution in [0.3, 0.4) is 0 Å². The van der Waals surface area contributed by atoms with E-state index in [1.807, 2.05) is 60.7 Å². The van der Waals surface area contributed by atoms with Gasteiger partial charge in [-0.2, -0.15) is 0 Å². The van der Waals surface area contributed by atoms with Crippen LogP contribution >= 0.6 is 0 Å². The Bertz CT molecular complexity index is 670.